The van der Waals surface area contributed by atoms with Crippen LogP contribution in [0, 0.1) is 17.8 Å². The molecule has 0 saturated heterocycles. The third-order valence-electron chi connectivity index (χ3n) is 5.60. The maximum atomic E-state index is 12.7. The minimum atomic E-state index is 0.398. The van der Waals surface area contributed by atoms with E-state index < -0.39 is 0 Å². The van der Waals surface area contributed by atoms with Crippen LogP contribution in [0.15, 0.2) is 18.2 Å². The van der Waals surface area contributed by atoms with Crippen molar-refractivity contribution in [3.8, 4) is 0 Å². The summed E-state index contributed by atoms with van der Waals surface area (Å²) < 4.78 is 0. The fourth-order valence-electron chi connectivity index (χ4n) is 4.39. The maximum absolute atomic E-state index is 12.7. The number of fused-ring (bicyclic) bond motifs is 2. The molecule has 2 saturated carbocycles. The van der Waals surface area contributed by atoms with Crippen molar-refractivity contribution in [3.63, 3.8) is 0 Å². The number of hydrogen-bond donors (Lipinski definition) is 0. The molecule has 3 unspecified atom stereocenters. The normalized spacial score (nSPS) is 28.0. The van der Waals surface area contributed by atoms with E-state index in [1.54, 1.807) is 0 Å². The fourth-order valence-corrected chi connectivity index (χ4v) is 4.39. The first-order valence-electron chi connectivity index (χ1n) is 8.36. The lowest BCUT2D eigenvalue weighted by molar-refractivity contribution is 0.0943. The van der Waals surface area contributed by atoms with Crippen LogP contribution in [-0.2, 0) is 12.8 Å². The van der Waals surface area contributed by atoms with E-state index in [4.69, 9.17) is 0 Å². The zero-order valence-electron chi connectivity index (χ0n) is 12.8. The quantitative estimate of drug-likeness (QED) is 0.701. The van der Waals surface area contributed by atoms with Gasteiger partial charge in [0, 0.05) is 12.0 Å². The Hall–Kier alpha value is -1.11. The van der Waals surface area contributed by atoms with Crippen molar-refractivity contribution in [2.24, 2.45) is 17.8 Å². The third kappa shape index (κ3) is 2.55. The fraction of sp³-hybridized carbons (Fsp3) is 0.632. The Morgan fingerprint density at radius 1 is 1.15 bits per heavy atom. The number of Topliss-reactive ketones (excluding diaryl/α,β-unsaturated/α-hetero) is 1. The van der Waals surface area contributed by atoms with Gasteiger partial charge < -0.3 is 0 Å². The second-order valence-electron chi connectivity index (χ2n) is 6.76. The highest BCUT2D eigenvalue weighted by molar-refractivity contribution is 5.97. The highest BCUT2D eigenvalue weighted by Gasteiger charge is 2.40. The first kappa shape index (κ1) is 13.9. The standard InChI is InChI=1S/C19H26O/c1-3-13-5-7-15(4-2)18(11-13)19(20)12-17-10-14-6-8-16(17)9-14/h5,7,11,14,16-17H,3-4,6,8-10,12H2,1-2H3. The Labute approximate surface area is 122 Å². The molecule has 2 aliphatic rings. The minimum Gasteiger partial charge on any atom is -0.294 e. The second kappa shape index (κ2) is 5.71. The predicted molar refractivity (Wildman–Crippen MR) is 83.1 cm³/mol. The highest BCUT2D eigenvalue weighted by atomic mass is 16.1. The second-order valence-corrected chi connectivity index (χ2v) is 6.76. The summed E-state index contributed by atoms with van der Waals surface area (Å²) in [6.07, 6.45) is 8.26. The molecule has 1 nitrogen and oxygen atoms in total. The van der Waals surface area contributed by atoms with Crippen LogP contribution in [0.2, 0.25) is 0 Å². The van der Waals surface area contributed by atoms with Crippen molar-refractivity contribution in [2.45, 2.75) is 58.8 Å². The van der Waals surface area contributed by atoms with E-state index in [0.29, 0.717) is 11.7 Å². The molecule has 1 aromatic rings. The Kier molecular flexibility index (Phi) is 3.96. The maximum Gasteiger partial charge on any atom is 0.163 e. The zero-order chi connectivity index (χ0) is 14.1. The number of aryl methyl sites for hydroxylation is 2. The van der Waals surface area contributed by atoms with E-state index in [1.807, 2.05) is 0 Å². The van der Waals surface area contributed by atoms with Crippen molar-refractivity contribution >= 4 is 5.78 Å². The van der Waals surface area contributed by atoms with Gasteiger partial charge in [-0.3, -0.25) is 4.79 Å². The molecule has 1 aromatic carbocycles. The average molecular weight is 270 g/mol. The molecule has 1 heteroatoms. The lowest BCUT2D eigenvalue weighted by Gasteiger charge is -2.21. The Balaban J connectivity index is 1.76. The van der Waals surface area contributed by atoms with Crippen LogP contribution in [0.4, 0.5) is 0 Å². The van der Waals surface area contributed by atoms with Gasteiger partial charge in [-0.1, -0.05) is 32.4 Å². The summed E-state index contributed by atoms with van der Waals surface area (Å²) in [6.45, 7) is 4.31. The molecule has 0 radical (unpaired) electrons. The van der Waals surface area contributed by atoms with E-state index >= 15 is 0 Å². The first-order chi connectivity index (χ1) is 9.71. The van der Waals surface area contributed by atoms with Crippen LogP contribution in [0.5, 0.6) is 0 Å². The van der Waals surface area contributed by atoms with Gasteiger partial charge in [-0.15, -0.1) is 0 Å². The number of ketones is 1. The van der Waals surface area contributed by atoms with Gasteiger partial charge in [0.15, 0.2) is 5.78 Å². The molecule has 3 atom stereocenters. The van der Waals surface area contributed by atoms with Gasteiger partial charge >= 0.3 is 0 Å². The lowest BCUT2D eigenvalue weighted by Crippen LogP contribution is -2.16. The molecule has 2 bridgehead atoms. The molecular weight excluding hydrogens is 244 g/mol. The van der Waals surface area contributed by atoms with Crippen molar-refractivity contribution in [1.82, 2.24) is 0 Å². The van der Waals surface area contributed by atoms with Crippen LogP contribution in [0.3, 0.4) is 0 Å². The summed E-state index contributed by atoms with van der Waals surface area (Å²) in [5.41, 5.74) is 3.53. The molecule has 0 amide bonds. The molecule has 2 aliphatic carbocycles. The largest absolute Gasteiger partial charge is 0.294 e. The smallest absolute Gasteiger partial charge is 0.163 e. The van der Waals surface area contributed by atoms with Crippen molar-refractivity contribution in [1.29, 1.82) is 0 Å². The van der Waals surface area contributed by atoms with E-state index in [2.05, 4.69) is 32.0 Å². The minimum absolute atomic E-state index is 0.398. The van der Waals surface area contributed by atoms with Gasteiger partial charge in [-0.2, -0.15) is 0 Å². The molecule has 0 heterocycles. The topological polar surface area (TPSA) is 17.1 Å². The van der Waals surface area contributed by atoms with Crippen molar-refractivity contribution < 1.29 is 4.79 Å². The van der Waals surface area contributed by atoms with Gasteiger partial charge in [-0.05, 0) is 67.1 Å². The molecule has 2 fully saturated rings. The van der Waals surface area contributed by atoms with Gasteiger partial charge in [0.2, 0.25) is 0 Å². The lowest BCUT2D eigenvalue weighted by atomic mass is 9.83. The van der Waals surface area contributed by atoms with Gasteiger partial charge in [0.05, 0.1) is 0 Å². The molecule has 108 valence electrons. The van der Waals surface area contributed by atoms with Crippen LogP contribution >= 0.6 is 0 Å². The van der Waals surface area contributed by atoms with Crippen LogP contribution in [0.1, 0.15) is 67.4 Å². The van der Waals surface area contributed by atoms with Crippen LogP contribution < -0.4 is 0 Å². The summed E-state index contributed by atoms with van der Waals surface area (Å²) in [6, 6.07) is 6.48. The Bertz CT molecular complexity index is 502. The Morgan fingerprint density at radius 3 is 2.60 bits per heavy atom. The third-order valence-corrected chi connectivity index (χ3v) is 5.60. The summed E-state index contributed by atoms with van der Waals surface area (Å²) in [4.78, 5) is 12.7. The molecular formula is C19H26O. The molecule has 0 aromatic heterocycles. The summed E-state index contributed by atoms with van der Waals surface area (Å²) >= 11 is 0. The summed E-state index contributed by atoms with van der Waals surface area (Å²) in [5, 5.41) is 0. The van der Waals surface area contributed by atoms with Gasteiger partial charge in [0.1, 0.15) is 0 Å². The van der Waals surface area contributed by atoms with Crippen molar-refractivity contribution in [2.75, 3.05) is 0 Å². The van der Waals surface area contributed by atoms with Gasteiger partial charge in [0.25, 0.3) is 0 Å². The number of benzene rings is 1. The van der Waals surface area contributed by atoms with E-state index in [-0.39, 0.29) is 0 Å². The van der Waals surface area contributed by atoms with Crippen LogP contribution in [-0.4, -0.2) is 5.78 Å². The van der Waals surface area contributed by atoms with E-state index in [0.717, 1.165) is 36.7 Å². The number of carbonyl (C=O) groups is 1. The molecule has 0 aliphatic heterocycles. The SMILES string of the molecule is CCc1ccc(CC)c(C(=O)CC2CC3CCC2C3)c1. The van der Waals surface area contributed by atoms with E-state index in [1.165, 1.54) is 36.8 Å². The summed E-state index contributed by atoms with van der Waals surface area (Å²) in [7, 11) is 0. The average Bonchev–Trinajstić information content (AvgIpc) is 3.09. The van der Waals surface area contributed by atoms with Crippen molar-refractivity contribution in [3.05, 3.63) is 34.9 Å². The first-order valence-corrected chi connectivity index (χ1v) is 8.36. The number of rotatable bonds is 5. The van der Waals surface area contributed by atoms with Crippen LogP contribution in [0.25, 0.3) is 0 Å². The zero-order valence-corrected chi connectivity index (χ0v) is 12.8. The highest BCUT2D eigenvalue weighted by Crippen LogP contribution is 2.49. The molecule has 0 spiro atoms. The Morgan fingerprint density at radius 2 is 2.00 bits per heavy atom. The molecule has 20 heavy (non-hydrogen) atoms. The number of carbonyl (C=O) groups excluding carboxylic acids is 1. The summed E-state index contributed by atoms with van der Waals surface area (Å²) in [5.74, 6) is 2.86. The van der Waals surface area contributed by atoms with Gasteiger partial charge in [-0.25, -0.2) is 0 Å². The molecule has 3 rings (SSSR count). The monoisotopic (exact) mass is 270 g/mol. The molecule has 0 N–H and O–H groups in total. The number of hydrogen-bond acceptors (Lipinski definition) is 1. The van der Waals surface area contributed by atoms with E-state index in [9.17, 15) is 4.79 Å². The predicted octanol–water partition coefficient (Wildman–Crippen LogP) is 4.82.